The third kappa shape index (κ3) is 9.12. The molecule has 7 rings (SSSR count). The molecule has 1 saturated carbocycles. The van der Waals surface area contributed by atoms with Crippen molar-refractivity contribution in [2.45, 2.75) is 104 Å². The molecule has 4 aliphatic rings. The number of methoxy groups -OCH3 is 2. The number of amides is 4. The van der Waals surface area contributed by atoms with E-state index in [4.69, 9.17) is 24.2 Å². The first-order valence-electron chi connectivity index (χ1n) is 21.3. The maximum absolute atomic E-state index is 13.9. The van der Waals surface area contributed by atoms with Crippen molar-refractivity contribution in [3.05, 3.63) is 84.2 Å². The lowest BCUT2D eigenvalue weighted by Gasteiger charge is -2.37. The summed E-state index contributed by atoms with van der Waals surface area (Å²) in [4.78, 5) is 63.3. The van der Waals surface area contributed by atoms with Crippen molar-refractivity contribution in [2.24, 2.45) is 27.7 Å². The minimum atomic E-state index is -0.877. The van der Waals surface area contributed by atoms with Crippen molar-refractivity contribution >= 4 is 57.3 Å². The summed E-state index contributed by atoms with van der Waals surface area (Å²) in [6.45, 7) is 11.6. The molecule has 3 aromatic rings. The van der Waals surface area contributed by atoms with Crippen molar-refractivity contribution in [2.75, 3.05) is 20.8 Å². The van der Waals surface area contributed by atoms with Gasteiger partial charge in [0.15, 0.2) is 0 Å². The first-order chi connectivity index (χ1) is 29.2. The zero-order chi connectivity index (χ0) is 43.6. The number of carbonyl (C=O) groups is 4. The molecular weight excluding hydrogens is 773 g/mol. The Kier molecular flexibility index (Phi) is 12.8. The number of rotatable bonds is 10. The number of aliphatic imine (C=N–C) groups is 2. The Morgan fingerprint density at radius 2 is 1.34 bits per heavy atom. The maximum atomic E-state index is 13.9. The van der Waals surface area contributed by atoms with Gasteiger partial charge in [0.1, 0.15) is 11.8 Å². The lowest BCUT2D eigenvalue weighted by Crippen LogP contribution is -2.58. The lowest BCUT2D eigenvalue weighted by atomic mass is 9.74. The Bertz CT molecular complexity index is 2310. The predicted octanol–water partition coefficient (Wildman–Crippen LogP) is 8.54. The molecule has 322 valence electrons. The minimum absolute atomic E-state index is 0.0147. The number of nitrogens with one attached hydrogen (secondary N) is 2. The summed E-state index contributed by atoms with van der Waals surface area (Å²) in [5.74, 6) is -0.730. The Morgan fingerprint density at radius 3 is 2.00 bits per heavy atom. The Labute approximate surface area is 358 Å². The number of hydrogen-bond donors (Lipinski definition) is 2. The van der Waals surface area contributed by atoms with Crippen LogP contribution in [0.2, 0.25) is 0 Å². The van der Waals surface area contributed by atoms with E-state index in [0.717, 1.165) is 81.3 Å². The summed E-state index contributed by atoms with van der Waals surface area (Å²) >= 11 is 0. The predicted molar refractivity (Wildman–Crippen MR) is 237 cm³/mol. The SMILES string of the molecule is COC(=O)N[C@H](C(=O)N1[C@H](C2=NC=C(c3ccc(-c4ccc5cc(C6=CN=C(C7CCCC[C@H]7C(=O)N(NC(=O)OC)C(C)C)C6)ccc5c4)cc3)C2)COC1(C)C)C(C)C. The number of alkyl carbamates (subject to hydrolysis) is 1. The molecule has 0 radical (unpaired) electrons. The summed E-state index contributed by atoms with van der Waals surface area (Å²) < 4.78 is 15.7. The molecular formula is C48H58N6O7. The second kappa shape index (κ2) is 18.0. The zero-order valence-electron chi connectivity index (χ0n) is 36.5. The number of hydrazine groups is 1. The number of carbonyl (C=O) groups excluding carboxylic acids is 4. The van der Waals surface area contributed by atoms with Crippen LogP contribution in [0.3, 0.4) is 0 Å². The van der Waals surface area contributed by atoms with E-state index in [-0.39, 0.29) is 41.7 Å². The van der Waals surface area contributed by atoms with Crippen LogP contribution in [0.15, 0.2) is 83.0 Å². The number of ether oxygens (including phenoxy) is 3. The van der Waals surface area contributed by atoms with Crippen molar-refractivity contribution in [1.82, 2.24) is 20.7 Å². The Hall–Kier alpha value is -5.82. The Balaban J connectivity index is 0.989. The molecule has 3 aliphatic heterocycles. The fourth-order valence-electron chi connectivity index (χ4n) is 9.08. The molecule has 13 nitrogen and oxygen atoms in total. The molecule has 1 saturated heterocycles. The normalized spacial score (nSPS) is 21.4. The third-order valence-corrected chi connectivity index (χ3v) is 12.5. The van der Waals surface area contributed by atoms with Gasteiger partial charge in [-0.25, -0.2) is 20.0 Å². The van der Waals surface area contributed by atoms with Crippen LogP contribution in [0.5, 0.6) is 0 Å². The second-order valence-corrected chi connectivity index (χ2v) is 17.5. The Morgan fingerprint density at radius 1 is 0.770 bits per heavy atom. The van der Waals surface area contributed by atoms with Gasteiger partial charge in [0.05, 0.1) is 26.9 Å². The van der Waals surface area contributed by atoms with Gasteiger partial charge in [-0.15, -0.1) is 0 Å². The van der Waals surface area contributed by atoms with E-state index in [2.05, 4.69) is 71.4 Å². The average Bonchev–Trinajstić information content (AvgIpc) is 4.03. The van der Waals surface area contributed by atoms with E-state index in [1.807, 2.05) is 53.9 Å². The van der Waals surface area contributed by atoms with Gasteiger partial charge in [-0.1, -0.05) is 75.2 Å². The molecule has 3 aromatic carbocycles. The van der Waals surface area contributed by atoms with Gasteiger partial charge in [-0.2, -0.15) is 0 Å². The minimum Gasteiger partial charge on any atom is -0.453 e. The molecule has 1 unspecified atom stereocenters. The molecule has 3 heterocycles. The van der Waals surface area contributed by atoms with Gasteiger partial charge >= 0.3 is 12.2 Å². The van der Waals surface area contributed by atoms with Crippen LogP contribution in [0.1, 0.15) is 91.2 Å². The molecule has 2 fully saturated rings. The van der Waals surface area contributed by atoms with E-state index in [9.17, 15) is 19.2 Å². The largest absolute Gasteiger partial charge is 0.453 e. The quantitative estimate of drug-likeness (QED) is 0.195. The second-order valence-electron chi connectivity index (χ2n) is 17.5. The summed E-state index contributed by atoms with van der Waals surface area (Å²) in [5, 5.41) is 6.38. The van der Waals surface area contributed by atoms with Crippen LogP contribution in [0, 0.1) is 17.8 Å². The van der Waals surface area contributed by atoms with E-state index >= 15 is 0 Å². The highest BCUT2D eigenvalue weighted by Gasteiger charge is 2.49. The number of allylic oxidation sites excluding steroid dienone is 2. The van der Waals surface area contributed by atoms with E-state index < -0.39 is 24.0 Å². The number of benzene rings is 3. The van der Waals surface area contributed by atoms with E-state index in [1.54, 1.807) is 4.90 Å². The van der Waals surface area contributed by atoms with Crippen LogP contribution in [-0.2, 0) is 23.8 Å². The van der Waals surface area contributed by atoms with E-state index in [1.165, 1.54) is 19.2 Å². The maximum Gasteiger partial charge on any atom is 0.425 e. The van der Waals surface area contributed by atoms with Gasteiger partial charge in [-0.3, -0.25) is 19.6 Å². The molecule has 4 atom stereocenters. The summed E-state index contributed by atoms with van der Waals surface area (Å²) in [5.41, 5.74) is 10.2. The van der Waals surface area contributed by atoms with Crippen LogP contribution in [0.25, 0.3) is 33.0 Å². The molecule has 0 bridgehead atoms. The highest BCUT2D eigenvalue weighted by Crippen LogP contribution is 2.39. The van der Waals surface area contributed by atoms with Gasteiger partial charge in [0, 0.05) is 54.5 Å². The van der Waals surface area contributed by atoms with E-state index in [0.29, 0.717) is 19.4 Å². The lowest BCUT2D eigenvalue weighted by molar-refractivity contribution is -0.148. The van der Waals surface area contributed by atoms with Crippen LogP contribution in [-0.4, -0.2) is 90.0 Å². The first-order valence-corrected chi connectivity index (χ1v) is 21.3. The smallest absolute Gasteiger partial charge is 0.425 e. The summed E-state index contributed by atoms with van der Waals surface area (Å²) in [6, 6.07) is 20.2. The zero-order valence-corrected chi connectivity index (χ0v) is 36.5. The third-order valence-electron chi connectivity index (χ3n) is 12.5. The van der Waals surface area contributed by atoms with Crippen molar-refractivity contribution in [1.29, 1.82) is 0 Å². The molecule has 0 spiro atoms. The topological polar surface area (TPSA) is 151 Å². The molecule has 2 N–H and O–H groups in total. The number of hydrogen-bond acceptors (Lipinski definition) is 9. The van der Waals surface area contributed by atoms with Gasteiger partial charge in [0.2, 0.25) is 11.8 Å². The average molecular weight is 831 g/mol. The fourth-order valence-corrected chi connectivity index (χ4v) is 9.08. The number of fused-ring (bicyclic) bond motifs is 1. The molecule has 1 aliphatic carbocycles. The van der Waals surface area contributed by atoms with Crippen LogP contribution < -0.4 is 10.7 Å². The first kappa shape index (κ1) is 43.3. The summed E-state index contributed by atoms with van der Waals surface area (Å²) in [7, 11) is 2.58. The molecule has 0 aromatic heterocycles. The number of nitrogens with zero attached hydrogens (tertiary/aromatic N) is 4. The highest BCUT2D eigenvalue weighted by molar-refractivity contribution is 6.05. The van der Waals surface area contributed by atoms with Crippen molar-refractivity contribution < 1.29 is 33.4 Å². The molecule has 61 heavy (non-hydrogen) atoms. The van der Waals surface area contributed by atoms with Gasteiger partial charge in [-0.05, 0) is 103 Å². The van der Waals surface area contributed by atoms with Gasteiger partial charge in [0.25, 0.3) is 0 Å². The fraction of sp³-hybridized carbons (Fsp3) is 0.458. The monoisotopic (exact) mass is 830 g/mol. The van der Waals surface area contributed by atoms with Crippen LogP contribution >= 0.6 is 0 Å². The standard InChI is InChI=1S/C48H58N6O7/c1-28(2)43(51-46(57)59-7)45(56)53-42(27-61-48(53,5)6)41-24-36(25-50-41)31-15-13-30(14-16-31)32-17-18-34-22-35(20-19-33(34)21-32)37-23-40(49-26-37)38-11-9-10-12-39(38)44(55)54(29(3)4)52-47(58)60-8/h13-22,25-26,28-29,38-39,42-43H,9-12,23-24,27H2,1-8H3,(H,51,57)(H,52,58)/t38?,39-,42+,43+/m1/s1. The van der Waals surface area contributed by atoms with Crippen LogP contribution in [0.4, 0.5) is 9.59 Å². The van der Waals surface area contributed by atoms with Crippen molar-refractivity contribution in [3.63, 3.8) is 0 Å². The summed E-state index contributed by atoms with van der Waals surface area (Å²) in [6.07, 6.45) is 7.45. The van der Waals surface area contributed by atoms with Gasteiger partial charge < -0.3 is 24.4 Å². The van der Waals surface area contributed by atoms with Crippen molar-refractivity contribution in [3.8, 4) is 11.1 Å². The molecule has 4 amide bonds. The highest BCUT2D eigenvalue weighted by atomic mass is 16.5. The molecule has 13 heteroatoms.